The molecular formula is C27H24N6O4S2. The number of pyridine rings is 1. The molecule has 2 aromatic carbocycles. The van der Waals surface area contributed by atoms with Crippen LogP contribution in [0.5, 0.6) is 11.5 Å². The highest BCUT2D eigenvalue weighted by Gasteiger charge is 2.21. The number of ether oxygens (including phenoxy) is 2. The van der Waals surface area contributed by atoms with E-state index in [9.17, 15) is 10.4 Å². The maximum atomic E-state index is 10.0. The molecule has 0 amide bonds. The summed E-state index contributed by atoms with van der Waals surface area (Å²) < 4.78 is 10.7. The lowest BCUT2D eigenvalue weighted by Crippen LogP contribution is -2.21. The number of nitrogens with one attached hydrogen (secondary N) is 1. The number of nitriles is 1. The first-order chi connectivity index (χ1) is 18.9. The Morgan fingerprint density at radius 1 is 1.23 bits per heavy atom. The second kappa shape index (κ2) is 13.0. The van der Waals surface area contributed by atoms with E-state index in [0.717, 1.165) is 17.1 Å². The van der Waals surface area contributed by atoms with E-state index in [2.05, 4.69) is 26.2 Å². The van der Waals surface area contributed by atoms with Crippen molar-refractivity contribution < 1.29 is 19.7 Å². The summed E-state index contributed by atoms with van der Waals surface area (Å²) in [5.41, 5.74) is 9.12. The monoisotopic (exact) mass is 560 g/mol. The number of benzene rings is 2. The molecule has 4 aromatic rings. The van der Waals surface area contributed by atoms with Gasteiger partial charge in [0.2, 0.25) is 5.69 Å². The molecule has 39 heavy (non-hydrogen) atoms. The summed E-state index contributed by atoms with van der Waals surface area (Å²) in [4.78, 5) is 12.5. The number of nitrogen functional groups attached to an aromatic ring is 1. The molecule has 0 fully saturated rings. The standard InChI is InChI=1S/C27H24N6O4S2/c1-30-24-23(16-6-8-20(9-7-16)37-13-19(35)12-34)22(11-28)26(33-25(24)29)38-14-18-15-39-27(32-18)31-17-4-3-5-21(10-17)36-2/h3-10,15,19,34-35H,12-14H2,2H3,(H2,29,33)(H,31,32)/t19-/m0/s1. The summed E-state index contributed by atoms with van der Waals surface area (Å²) in [6, 6.07) is 16.5. The largest absolute Gasteiger partial charge is 0.497 e. The van der Waals surface area contributed by atoms with Crippen molar-refractivity contribution in [1.29, 1.82) is 5.26 Å². The number of thiazole rings is 1. The van der Waals surface area contributed by atoms with Gasteiger partial charge in [-0.3, -0.25) is 0 Å². The van der Waals surface area contributed by atoms with Crippen LogP contribution >= 0.6 is 23.1 Å². The van der Waals surface area contributed by atoms with E-state index >= 15 is 0 Å². The van der Waals surface area contributed by atoms with Gasteiger partial charge in [0.1, 0.15) is 41.1 Å². The van der Waals surface area contributed by atoms with Crippen molar-refractivity contribution in [2.75, 3.05) is 31.4 Å². The maximum Gasteiger partial charge on any atom is 0.236 e. The third kappa shape index (κ3) is 6.76. The Hall–Kier alpha value is -4.33. The molecule has 198 valence electrons. The Bertz CT molecular complexity index is 1530. The van der Waals surface area contributed by atoms with Gasteiger partial charge in [-0.2, -0.15) is 5.26 Å². The van der Waals surface area contributed by atoms with Crippen LogP contribution in [0.2, 0.25) is 0 Å². The number of aliphatic hydroxyl groups is 2. The summed E-state index contributed by atoms with van der Waals surface area (Å²) in [6.45, 7) is 7.17. The average Bonchev–Trinajstić information content (AvgIpc) is 3.41. The minimum absolute atomic E-state index is 0.0338. The fraction of sp³-hybridized carbons (Fsp3) is 0.185. The summed E-state index contributed by atoms with van der Waals surface area (Å²) in [6.07, 6.45) is -0.991. The van der Waals surface area contributed by atoms with Gasteiger partial charge in [0.05, 0.1) is 31.5 Å². The smallest absolute Gasteiger partial charge is 0.236 e. The zero-order valence-electron chi connectivity index (χ0n) is 20.8. The van der Waals surface area contributed by atoms with Gasteiger partial charge in [-0.25, -0.2) is 14.8 Å². The molecule has 0 unspecified atom stereocenters. The second-order valence-electron chi connectivity index (χ2n) is 8.09. The van der Waals surface area contributed by atoms with Crippen LogP contribution in [0.3, 0.4) is 0 Å². The third-order valence-electron chi connectivity index (χ3n) is 5.41. The van der Waals surface area contributed by atoms with Crippen molar-refractivity contribution in [2.24, 2.45) is 0 Å². The Kier molecular flexibility index (Phi) is 9.20. The number of nitrogens with zero attached hydrogens (tertiary/aromatic N) is 4. The van der Waals surface area contributed by atoms with Crippen molar-refractivity contribution in [3.63, 3.8) is 0 Å². The summed E-state index contributed by atoms with van der Waals surface area (Å²) in [7, 11) is 1.61. The van der Waals surface area contributed by atoms with Gasteiger partial charge in [0.15, 0.2) is 5.13 Å². The minimum Gasteiger partial charge on any atom is -0.497 e. The molecule has 0 aliphatic rings. The molecule has 1 atom stereocenters. The van der Waals surface area contributed by atoms with E-state index in [0.29, 0.717) is 32.8 Å². The molecule has 0 saturated heterocycles. The van der Waals surface area contributed by atoms with E-state index in [-0.39, 0.29) is 23.7 Å². The molecule has 0 spiro atoms. The van der Waals surface area contributed by atoms with Crippen LogP contribution in [-0.4, -0.2) is 46.6 Å². The molecular weight excluding hydrogens is 536 g/mol. The number of aromatic nitrogens is 2. The maximum absolute atomic E-state index is 10.0. The predicted octanol–water partition coefficient (Wildman–Crippen LogP) is 4.99. The highest BCUT2D eigenvalue weighted by molar-refractivity contribution is 7.98. The van der Waals surface area contributed by atoms with Gasteiger partial charge in [-0.1, -0.05) is 30.0 Å². The lowest BCUT2D eigenvalue weighted by molar-refractivity contribution is 0.0536. The summed E-state index contributed by atoms with van der Waals surface area (Å²) >= 11 is 2.77. The van der Waals surface area contributed by atoms with Crippen molar-refractivity contribution in [3.8, 4) is 28.7 Å². The number of thioether (sulfide) groups is 1. The number of methoxy groups -OCH3 is 1. The lowest BCUT2D eigenvalue weighted by Gasteiger charge is -2.14. The molecule has 0 aliphatic heterocycles. The van der Waals surface area contributed by atoms with Crippen LogP contribution in [0.1, 0.15) is 11.3 Å². The van der Waals surface area contributed by atoms with Crippen LogP contribution in [0.25, 0.3) is 16.0 Å². The SMILES string of the molecule is [C-]#[N+]c1c(N)nc(SCc2csc(Nc3cccc(OC)c3)n2)c(C#N)c1-c1ccc(OC[C@@H](O)CO)cc1. The van der Waals surface area contributed by atoms with E-state index in [1.807, 2.05) is 29.6 Å². The second-order valence-corrected chi connectivity index (χ2v) is 9.91. The molecule has 0 aliphatic carbocycles. The number of aliphatic hydroxyl groups excluding tert-OH is 2. The van der Waals surface area contributed by atoms with Gasteiger partial charge in [0, 0.05) is 28.5 Å². The number of hydrogen-bond donors (Lipinski definition) is 4. The van der Waals surface area contributed by atoms with E-state index < -0.39 is 12.7 Å². The Labute approximate surface area is 233 Å². The molecule has 0 radical (unpaired) electrons. The van der Waals surface area contributed by atoms with Crippen LogP contribution in [0, 0.1) is 17.9 Å². The zero-order valence-corrected chi connectivity index (χ0v) is 22.4. The Morgan fingerprint density at radius 2 is 2.03 bits per heavy atom. The first-order valence-corrected chi connectivity index (χ1v) is 13.4. The molecule has 0 saturated carbocycles. The Morgan fingerprint density at radius 3 is 2.72 bits per heavy atom. The first kappa shape index (κ1) is 27.7. The number of hydrogen-bond acceptors (Lipinski definition) is 11. The average molecular weight is 561 g/mol. The highest BCUT2D eigenvalue weighted by Crippen LogP contribution is 2.42. The molecule has 2 heterocycles. The van der Waals surface area contributed by atoms with Crippen molar-refractivity contribution in [3.05, 3.63) is 76.6 Å². The van der Waals surface area contributed by atoms with Crippen molar-refractivity contribution in [1.82, 2.24) is 9.97 Å². The van der Waals surface area contributed by atoms with Gasteiger partial charge in [-0.15, -0.1) is 11.3 Å². The number of rotatable bonds is 11. The van der Waals surface area contributed by atoms with E-state index in [1.165, 1.54) is 23.1 Å². The number of anilines is 3. The van der Waals surface area contributed by atoms with Crippen molar-refractivity contribution in [2.45, 2.75) is 16.9 Å². The first-order valence-electron chi connectivity index (χ1n) is 11.6. The van der Waals surface area contributed by atoms with E-state index in [4.69, 9.17) is 26.9 Å². The fourth-order valence-corrected chi connectivity index (χ4v) is 5.26. The molecule has 10 nitrogen and oxygen atoms in total. The zero-order chi connectivity index (χ0) is 27.8. The fourth-order valence-electron chi connectivity index (χ4n) is 3.53. The molecule has 0 bridgehead atoms. The number of nitrogens with two attached hydrogens (primary N) is 1. The molecule has 4 rings (SSSR count). The summed E-state index contributed by atoms with van der Waals surface area (Å²) in [5.74, 6) is 1.68. The normalized spacial score (nSPS) is 11.3. The molecule has 5 N–H and O–H groups in total. The van der Waals surface area contributed by atoms with Gasteiger partial charge < -0.3 is 30.7 Å². The topological polar surface area (TPSA) is 151 Å². The van der Waals surface area contributed by atoms with Crippen LogP contribution in [0.4, 0.5) is 22.3 Å². The van der Waals surface area contributed by atoms with Gasteiger partial charge in [-0.05, 0) is 29.8 Å². The highest BCUT2D eigenvalue weighted by atomic mass is 32.2. The Balaban J connectivity index is 1.55. The molecule has 2 aromatic heterocycles. The van der Waals surface area contributed by atoms with Gasteiger partial charge >= 0.3 is 0 Å². The third-order valence-corrected chi connectivity index (χ3v) is 7.23. The van der Waals surface area contributed by atoms with Crippen LogP contribution < -0.4 is 20.5 Å². The van der Waals surface area contributed by atoms with E-state index in [1.54, 1.807) is 31.4 Å². The predicted molar refractivity (Wildman–Crippen MR) is 152 cm³/mol. The van der Waals surface area contributed by atoms with Gasteiger partial charge in [0.25, 0.3) is 0 Å². The van der Waals surface area contributed by atoms with Crippen LogP contribution in [-0.2, 0) is 5.75 Å². The quantitative estimate of drug-likeness (QED) is 0.146. The van der Waals surface area contributed by atoms with Crippen LogP contribution in [0.15, 0.2) is 58.9 Å². The summed E-state index contributed by atoms with van der Waals surface area (Å²) in [5, 5.41) is 34.8. The van der Waals surface area contributed by atoms with Crippen molar-refractivity contribution >= 4 is 45.4 Å². The molecule has 12 heteroatoms. The lowest BCUT2D eigenvalue weighted by atomic mass is 10.00. The minimum atomic E-state index is -0.991.